The fraction of sp³-hybridized carbons (Fsp3) is 0.538. The van der Waals surface area contributed by atoms with Crippen molar-refractivity contribution in [3.8, 4) is 5.75 Å². The van der Waals surface area contributed by atoms with Gasteiger partial charge >= 0.3 is 0 Å². The topological polar surface area (TPSA) is 44.5 Å². The van der Waals surface area contributed by atoms with Crippen LogP contribution in [0.2, 0.25) is 5.02 Å². The summed E-state index contributed by atoms with van der Waals surface area (Å²) in [5, 5.41) is 0.644. The molecule has 4 heteroatoms. The molecule has 94 valence electrons. The van der Waals surface area contributed by atoms with Crippen LogP contribution in [-0.2, 0) is 4.74 Å². The summed E-state index contributed by atoms with van der Waals surface area (Å²) in [6, 6.07) is 5.43. The number of hydrogen-bond acceptors (Lipinski definition) is 3. The Bertz CT molecular complexity index is 378. The molecule has 2 N–H and O–H groups in total. The Morgan fingerprint density at radius 3 is 2.88 bits per heavy atom. The van der Waals surface area contributed by atoms with Gasteiger partial charge in [0, 0.05) is 11.6 Å². The van der Waals surface area contributed by atoms with Gasteiger partial charge in [-0.05, 0) is 37.0 Å². The molecular weight excluding hydrogens is 238 g/mol. The van der Waals surface area contributed by atoms with Crippen LogP contribution in [0.3, 0.4) is 0 Å². The molecule has 0 amide bonds. The van der Waals surface area contributed by atoms with Gasteiger partial charge in [0.1, 0.15) is 5.75 Å². The van der Waals surface area contributed by atoms with Crippen LogP contribution in [0.4, 0.5) is 0 Å². The molecule has 0 aliphatic carbocycles. The van der Waals surface area contributed by atoms with Gasteiger partial charge in [-0.2, -0.15) is 0 Å². The molecule has 3 nitrogen and oxygen atoms in total. The third-order valence-electron chi connectivity index (χ3n) is 3.18. The van der Waals surface area contributed by atoms with Gasteiger partial charge in [0.25, 0.3) is 0 Å². The van der Waals surface area contributed by atoms with E-state index in [0.29, 0.717) is 5.02 Å². The van der Waals surface area contributed by atoms with Gasteiger partial charge in [0.2, 0.25) is 0 Å². The Morgan fingerprint density at radius 2 is 2.29 bits per heavy atom. The Morgan fingerprint density at radius 1 is 1.47 bits per heavy atom. The zero-order valence-electron chi connectivity index (χ0n) is 9.99. The highest BCUT2D eigenvalue weighted by Crippen LogP contribution is 2.31. The van der Waals surface area contributed by atoms with Crippen molar-refractivity contribution in [3.63, 3.8) is 0 Å². The number of hydrogen-bond donors (Lipinski definition) is 1. The van der Waals surface area contributed by atoms with E-state index in [1.807, 2.05) is 12.1 Å². The summed E-state index contributed by atoms with van der Waals surface area (Å²) in [7, 11) is 1.62. The lowest BCUT2D eigenvalue weighted by Gasteiger charge is -2.28. The van der Waals surface area contributed by atoms with Crippen molar-refractivity contribution in [1.82, 2.24) is 0 Å². The maximum absolute atomic E-state index is 6.21. The molecule has 17 heavy (non-hydrogen) atoms. The van der Waals surface area contributed by atoms with Crippen molar-refractivity contribution in [2.45, 2.75) is 31.4 Å². The van der Waals surface area contributed by atoms with Crippen LogP contribution >= 0.6 is 11.6 Å². The third kappa shape index (κ3) is 2.92. The molecule has 2 atom stereocenters. The summed E-state index contributed by atoms with van der Waals surface area (Å²) in [5.74, 6) is 0.746. The van der Waals surface area contributed by atoms with Crippen LogP contribution in [0.1, 0.15) is 30.9 Å². The monoisotopic (exact) mass is 255 g/mol. The van der Waals surface area contributed by atoms with Gasteiger partial charge in [-0.15, -0.1) is 0 Å². The van der Waals surface area contributed by atoms with Crippen LogP contribution in [0, 0.1) is 0 Å². The Hall–Kier alpha value is -0.770. The predicted octanol–water partition coefficient (Wildman–Crippen LogP) is 2.92. The standard InChI is InChI=1S/C13H18ClNO2/c1-16-9-5-6-10(11(14)8-9)13(15)12-4-2-3-7-17-12/h5-6,8,12-13H,2-4,7,15H2,1H3. The molecule has 1 aliphatic rings. The Balaban J connectivity index is 2.15. The first-order valence-electron chi connectivity index (χ1n) is 5.93. The van der Waals surface area contributed by atoms with Crippen molar-refractivity contribution in [2.75, 3.05) is 13.7 Å². The van der Waals surface area contributed by atoms with Crippen LogP contribution in [0.25, 0.3) is 0 Å². The highest BCUT2D eigenvalue weighted by molar-refractivity contribution is 6.31. The molecule has 2 rings (SSSR count). The number of halogens is 1. The first kappa shape index (κ1) is 12.7. The fourth-order valence-corrected chi connectivity index (χ4v) is 2.45. The summed E-state index contributed by atoms with van der Waals surface area (Å²) in [6.45, 7) is 0.798. The zero-order valence-corrected chi connectivity index (χ0v) is 10.7. The van der Waals surface area contributed by atoms with Crippen LogP contribution in [0.15, 0.2) is 18.2 Å². The fourth-order valence-electron chi connectivity index (χ4n) is 2.15. The summed E-state index contributed by atoms with van der Waals surface area (Å²) >= 11 is 6.21. The van der Waals surface area contributed by atoms with E-state index >= 15 is 0 Å². The van der Waals surface area contributed by atoms with E-state index in [-0.39, 0.29) is 12.1 Å². The third-order valence-corrected chi connectivity index (χ3v) is 3.51. The predicted molar refractivity (Wildman–Crippen MR) is 68.5 cm³/mol. The SMILES string of the molecule is COc1ccc(C(N)C2CCCCO2)c(Cl)c1. The molecule has 0 bridgehead atoms. The zero-order chi connectivity index (χ0) is 12.3. The molecular formula is C13H18ClNO2. The average Bonchev–Trinajstić information content (AvgIpc) is 2.39. The van der Waals surface area contributed by atoms with Crippen LogP contribution in [0.5, 0.6) is 5.75 Å². The molecule has 0 aromatic heterocycles. The lowest BCUT2D eigenvalue weighted by atomic mass is 9.96. The van der Waals surface area contributed by atoms with Crippen molar-refractivity contribution < 1.29 is 9.47 Å². The molecule has 1 fully saturated rings. The molecule has 2 unspecified atom stereocenters. The van der Waals surface area contributed by atoms with E-state index in [1.165, 1.54) is 6.42 Å². The van der Waals surface area contributed by atoms with Gasteiger partial charge in [-0.3, -0.25) is 0 Å². The smallest absolute Gasteiger partial charge is 0.120 e. The van der Waals surface area contributed by atoms with Crippen LogP contribution < -0.4 is 10.5 Å². The first-order chi connectivity index (χ1) is 8.22. The van der Waals surface area contributed by atoms with Gasteiger partial charge in [-0.25, -0.2) is 0 Å². The van der Waals surface area contributed by atoms with E-state index < -0.39 is 0 Å². The quantitative estimate of drug-likeness (QED) is 0.903. The minimum absolute atomic E-state index is 0.0784. The second kappa shape index (κ2) is 5.71. The van der Waals surface area contributed by atoms with Gasteiger partial charge < -0.3 is 15.2 Å². The largest absolute Gasteiger partial charge is 0.497 e. The Labute approximate surface area is 107 Å². The number of nitrogens with two attached hydrogens (primary N) is 1. The highest BCUT2D eigenvalue weighted by atomic mass is 35.5. The van der Waals surface area contributed by atoms with Crippen LogP contribution in [-0.4, -0.2) is 19.8 Å². The second-order valence-electron chi connectivity index (χ2n) is 4.32. The minimum Gasteiger partial charge on any atom is -0.497 e. The summed E-state index contributed by atoms with van der Waals surface area (Å²) in [6.07, 6.45) is 3.38. The molecule has 0 spiro atoms. The lowest BCUT2D eigenvalue weighted by molar-refractivity contribution is 0.0000213. The van der Waals surface area contributed by atoms with Crippen molar-refractivity contribution in [1.29, 1.82) is 0 Å². The molecule has 1 aromatic carbocycles. The van der Waals surface area contributed by atoms with E-state index in [4.69, 9.17) is 26.8 Å². The van der Waals surface area contributed by atoms with Gasteiger partial charge in [0.05, 0.1) is 19.3 Å². The van der Waals surface area contributed by atoms with Gasteiger partial charge in [-0.1, -0.05) is 17.7 Å². The minimum atomic E-state index is -0.159. The molecule has 1 aliphatic heterocycles. The summed E-state index contributed by atoms with van der Waals surface area (Å²) in [4.78, 5) is 0. The second-order valence-corrected chi connectivity index (χ2v) is 4.73. The maximum Gasteiger partial charge on any atom is 0.120 e. The average molecular weight is 256 g/mol. The lowest BCUT2D eigenvalue weighted by Crippen LogP contribution is -2.32. The first-order valence-corrected chi connectivity index (χ1v) is 6.31. The molecule has 0 radical (unpaired) electrons. The molecule has 1 saturated heterocycles. The van der Waals surface area contributed by atoms with Crippen molar-refractivity contribution >= 4 is 11.6 Å². The van der Waals surface area contributed by atoms with Gasteiger partial charge in [0.15, 0.2) is 0 Å². The number of benzene rings is 1. The molecule has 1 aromatic rings. The van der Waals surface area contributed by atoms with E-state index in [0.717, 1.165) is 30.8 Å². The normalized spacial score (nSPS) is 22.2. The van der Waals surface area contributed by atoms with Crippen molar-refractivity contribution in [2.24, 2.45) is 5.73 Å². The number of methoxy groups -OCH3 is 1. The van der Waals surface area contributed by atoms with Crippen molar-refractivity contribution in [3.05, 3.63) is 28.8 Å². The summed E-state index contributed by atoms with van der Waals surface area (Å²) < 4.78 is 10.8. The Kier molecular flexibility index (Phi) is 4.26. The number of ether oxygens (including phenoxy) is 2. The van der Waals surface area contributed by atoms with E-state index in [9.17, 15) is 0 Å². The molecule has 1 heterocycles. The van der Waals surface area contributed by atoms with E-state index in [2.05, 4.69) is 0 Å². The number of rotatable bonds is 3. The molecule has 0 saturated carbocycles. The maximum atomic E-state index is 6.21. The summed E-state index contributed by atoms with van der Waals surface area (Å²) in [5.41, 5.74) is 7.14. The highest BCUT2D eigenvalue weighted by Gasteiger charge is 2.24. The van der Waals surface area contributed by atoms with E-state index in [1.54, 1.807) is 13.2 Å².